The average molecular weight is 288 g/mol. The Hall–Kier alpha value is -1.58. The fourth-order valence-electron chi connectivity index (χ4n) is 3.42. The van der Waals surface area contributed by atoms with Crippen LogP contribution in [0, 0.1) is 5.41 Å². The van der Waals surface area contributed by atoms with Crippen molar-refractivity contribution in [3.63, 3.8) is 0 Å². The number of pyridine rings is 1. The van der Waals surface area contributed by atoms with Crippen LogP contribution in [0.25, 0.3) is 0 Å². The third-order valence-corrected chi connectivity index (χ3v) is 4.90. The van der Waals surface area contributed by atoms with E-state index in [0.29, 0.717) is 16.8 Å². The van der Waals surface area contributed by atoms with Crippen molar-refractivity contribution in [2.24, 2.45) is 5.41 Å². The molecule has 0 spiro atoms. The van der Waals surface area contributed by atoms with Crippen LogP contribution in [0.15, 0.2) is 6.07 Å². The third kappa shape index (κ3) is 3.04. The molecular formula is C17H24N2O2. The van der Waals surface area contributed by atoms with E-state index in [-0.39, 0.29) is 0 Å². The van der Waals surface area contributed by atoms with Crippen LogP contribution < -0.4 is 5.32 Å². The Morgan fingerprint density at radius 3 is 2.81 bits per heavy atom. The molecule has 3 rings (SSSR count). The molecule has 4 heteroatoms. The van der Waals surface area contributed by atoms with Crippen molar-refractivity contribution >= 4 is 11.8 Å². The van der Waals surface area contributed by atoms with Crippen LogP contribution in [0.4, 0.5) is 5.82 Å². The molecule has 0 amide bonds. The van der Waals surface area contributed by atoms with E-state index in [0.717, 1.165) is 43.5 Å². The largest absolute Gasteiger partial charge is 0.478 e. The summed E-state index contributed by atoms with van der Waals surface area (Å²) in [4.78, 5) is 16.1. The van der Waals surface area contributed by atoms with E-state index >= 15 is 0 Å². The molecule has 1 aromatic rings. The fourth-order valence-corrected chi connectivity index (χ4v) is 3.42. The van der Waals surface area contributed by atoms with E-state index in [1.165, 1.54) is 25.7 Å². The van der Waals surface area contributed by atoms with Gasteiger partial charge in [-0.2, -0.15) is 0 Å². The number of nitrogens with zero attached hydrogens (tertiary/aromatic N) is 1. The molecule has 2 aliphatic carbocycles. The van der Waals surface area contributed by atoms with Gasteiger partial charge in [0.05, 0.1) is 0 Å². The highest BCUT2D eigenvalue weighted by Gasteiger charge is 2.41. The van der Waals surface area contributed by atoms with Crippen molar-refractivity contribution in [3.8, 4) is 0 Å². The van der Waals surface area contributed by atoms with Gasteiger partial charge in [0.25, 0.3) is 0 Å². The topological polar surface area (TPSA) is 62.2 Å². The van der Waals surface area contributed by atoms with Gasteiger partial charge in [0.15, 0.2) is 0 Å². The molecule has 2 N–H and O–H groups in total. The Balaban J connectivity index is 1.81. The standard InChI is InChI=1S/C17H24N2O2/c1-2-7-17(8-9-17)11-18-15-13(16(20)21)10-12-5-3-4-6-14(12)19-15/h10H,2-9,11H2,1H3,(H,18,19)(H,20,21). The second-order valence-electron chi connectivity index (χ2n) is 6.61. The van der Waals surface area contributed by atoms with Crippen molar-refractivity contribution in [1.29, 1.82) is 0 Å². The lowest BCUT2D eigenvalue weighted by Crippen LogP contribution is -2.19. The first kappa shape index (κ1) is 14.4. The summed E-state index contributed by atoms with van der Waals surface area (Å²) in [5.41, 5.74) is 2.94. The van der Waals surface area contributed by atoms with Crippen LogP contribution in [0.2, 0.25) is 0 Å². The Morgan fingerprint density at radius 1 is 1.38 bits per heavy atom. The van der Waals surface area contributed by atoms with Gasteiger partial charge in [-0.25, -0.2) is 9.78 Å². The minimum atomic E-state index is -0.876. The van der Waals surface area contributed by atoms with E-state index in [1.54, 1.807) is 0 Å². The minimum absolute atomic E-state index is 0.336. The highest BCUT2D eigenvalue weighted by Crippen LogP contribution is 2.49. The Morgan fingerprint density at radius 2 is 2.14 bits per heavy atom. The highest BCUT2D eigenvalue weighted by molar-refractivity contribution is 5.93. The maximum Gasteiger partial charge on any atom is 0.339 e. The first-order valence-electron chi connectivity index (χ1n) is 8.13. The Labute approximate surface area is 126 Å². The van der Waals surface area contributed by atoms with Gasteiger partial charge in [-0.15, -0.1) is 0 Å². The number of hydrogen-bond donors (Lipinski definition) is 2. The second-order valence-corrected chi connectivity index (χ2v) is 6.61. The summed E-state index contributed by atoms with van der Waals surface area (Å²) >= 11 is 0. The van der Waals surface area contributed by atoms with Crippen LogP contribution in [0.5, 0.6) is 0 Å². The lowest BCUT2D eigenvalue weighted by atomic mass is 9.94. The van der Waals surface area contributed by atoms with E-state index < -0.39 is 5.97 Å². The van der Waals surface area contributed by atoms with E-state index in [2.05, 4.69) is 17.2 Å². The van der Waals surface area contributed by atoms with Gasteiger partial charge >= 0.3 is 5.97 Å². The number of rotatable bonds is 6. The lowest BCUT2D eigenvalue weighted by molar-refractivity contribution is 0.0697. The molecule has 0 unspecified atom stereocenters. The van der Waals surface area contributed by atoms with Crippen LogP contribution in [-0.2, 0) is 12.8 Å². The number of anilines is 1. The number of aromatic nitrogens is 1. The van der Waals surface area contributed by atoms with Crippen molar-refractivity contribution in [1.82, 2.24) is 4.98 Å². The molecule has 1 heterocycles. The number of carboxylic acid groups (broad SMARTS) is 1. The predicted molar refractivity (Wildman–Crippen MR) is 82.9 cm³/mol. The molecule has 1 saturated carbocycles. The first-order valence-corrected chi connectivity index (χ1v) is 8.13. The number of aryl methyl sites for hydroxylation is 2. The lowest BCUT2D eigenvalue weighted by Gasteiger charge is -2.20. The monoisotopic (exact) mass is 288 g/mol. The Bertz CT molecular complexity index is 550. The molecule has 1 aromatic heterocycles. The van der Waals surface area contributed by atoms with Crippen molar-refractivity contribution in [2.45, 2.75) is 58.3 Å². The Kier molecular flexibility index (Phi) is 3.87. The van der Waals surface area contributed by atoms with Crippen molar-refractivity contribution in [2.75, 3.05) is 11.9 Å². The van der Waals surface area contributed by atoms with Gasteiger partial charge in [0.2, 0.25) is 0 Å². The minimum Gasteiger partial charge on any atom is -0.478 e. The van der Waals surface area contributed by atoms with Gasteiger partial charge in [-0.3, -0.25) is 0 Å². The van der Waals surface area contributed by atoms with Crippen LogP contribution in [0.1, 0.15) is 67.1 Å². The fraction of sp³-hybridized carbons (Fsp3) is 0.647. The molecule has 0 bridgehead atoms. The molecule has 0 aliphatic heterocycles. The SMILES string of the molecule is CCCC1(CNc2nc3c(cc2C(=O)O)CCCC3)CC1. The number of fused-ring (bicyclic) bond motifs is 1. The summed E-state index contributed by atoms with van der Waals surface area (Å²) in [6, 6.07) is 1.84. The summed E-state index contributed by atoms with van der Waals surface area (Å²) in [7, 11) is 0. The van der Waals surface area contributed by atoms with Gasteiger partial charge < -0.3 is 10.4 Å². The molecule has 4 nitrogen and oxygen atoms in total. The zero-order chi connectivity index (χ0) is 14.9. The zero-order valence-electron chi connectivity index (χ0n) is 12.7. The van der Waals surface area contributed by atoms with E-state index in [9.17, 15) is 9.90 Å². The van der Waals surface area contributed by atoms with Gasteiger partial charge in [0, 0.05) is 12.2 Å². The van der Waals surface area contributed by atoms with Gasteiger partial charge in [-0.1, -0.05) is 13.3 Å². The third-order valence-electron chi connectivity index (χ3n) is 4.90. The summed E-state index contributed by atoms with van der Waals surface area (Å²) in [6.45, 7) is 3.06. The molecule has 1 fully saturated rings. The smallest absolute Gasteiger partial charge is 0.339 e. The van der Waals surface area contributed by atoms with E-state index in [4.69, 9.17) is 0 Å². The van der Waals surface area contributed by atoms with Crippen LogP contribution in [-0.4, -0.2) is 22.6 Å². The van der Waals surface area contributed by atoms with Gasteiger partial charge in [-0.05, 0) is 62.0 Å². The van der Waals surface area contributed by atoms with Gasteiger partial charge in [0.1, 0.15) is 11.4 Å². The summed E-state index contributed by atoms with van der Waals surface area (Å²) in [5, 5.41) is 12.8. The number of hydrogen-bond acceptors (Lipinski definition) is 3. The number of nitrogens with one attached hydrogen (secondary N) is 1. The van der Waals surface area contributed by atoms with Crippen LogP contribution in [0.3, 0.4) is 0 Å². The predicted octanol–water partition coefficient (Wildman–Crippen LogP) is 3.65. The first-order chi connectivity index (χ1) is 10.1. The quantitative estimate of drug-likeness (QED) is 0.838. The summed E-state index contributed by atoms with van der Waals surface area (Å²) < 4.78 is 0. The molecule has 0 saturated heterocycles. The number of aromatic carboxylic acids is 1. The number of carbonyl (C=O) groups is 1. The molecule has 2 aliphatic rings. The highest BCUT2D eigenvalue weighted by atomic mass is 16.4. The molecule has 0 atom stereocenters. The van der Waals surface area contributed by atoms with Crippen molar-refractivity contribution < 1.29 is 9.90 Å². The van der Waals surface area contributed by atoms with E-state index in [1.807, 2.05) is 6.07 Å². The second kappa shape index (κ2) is 5.66. The summed E-state index contributed by atoms with van der Waals surface area (Å²) in [6.07, 6.45) is 9.14. The maximum absolute atomic E-state index is 11.5. The number of carboxylic acids is 1. The zero-order valence-corrected chi connectivity index (χ0v) is 12.7. The molecule has 0 aromatic carbocycles. The van der Waals surface area contributed by atoms with Crippen molar-refractivity contribution in [3.05, 3.63) is 22.9 Å². The molecule has 0 radical (unpaired) electrons. The molecular weight excluding hydrogens is 264 g/mol. The normalized spacial score (nSPS) is 18.9. The maximum atomic E-state index is 11.5. The summed E-state index contributed by atoms with van der Waals surface area (Å²) in [5.74, 6) is -0.302. The molecule has 21 heavy (non-hydrogen) atoms. The average Bonchev–Trinajstić information content (AvgIpc) is 3.24. The van der Waals surface area contributed by atoms with Crippen LogP contribution >= 0.6 is 0 Å². The molecule has 114 valence electrons.